The number of methoxy groups -OCH3 is 1. The van der Waals surface area contributed by atoms with E-state index in [1.165, 1.54) is 11.3 Å². The first-order valence-corrected chi connectivity index (χ1v) is 11.5. The smallest absolute Gasteiger partial charge is 0.250 e. The fourth-order valence-corrected chi connectivity index (χ4v) is 4.41. The predicted molar refractivity (Wildman–Crippen MR) is 127 cm³/mol. The Morgan fingerprint density at radius 1 is 1.19 bits per heavy atom. The van der Waals surface area contributed by atoms with E-state index in [0.29, 0.717) is 39.5 Å². The topological polar surface area (TPSA) is 77.8 Å². The normalized spacial score (nSPS) is 11.0. The highest BCUT2D eigenvalue weighted by Crippen LogP contribution is 2.33. The minimum absolute atomic E-state index is 0.182. The second kappa shape index (κ2) is 9.77. The van der Waals surface area contributed by atoms with Crippen LogP contribution < -0.4 is 14.8 Å². The van der Waals surface area contributed by atoms with Crippen LogP contribution in [0.2, 0.25) is 10.0 Å². The van der Waals surface area contributed by atoms with E-state index in [1.54, 1.807) is 29.8 Å². The number of carbonyl (C=O) groups excluding carboxylic acids is 1. The van der Waals surface area contributed by atoms with Gasteiger partial charge in [0.05, 0.1) is 24.4 Å². The number of anilines is 1. The number of aromatic nitrogens is 3. The Morgan fingerprint density at radius 3 is 2.81 bits per heavy atom. The number of halogens is 2. The summed E-state index contributed by atoms with van der Waals surface area (Å²) >= 11 is 13.8. The highest BCUT2D eigenvalue weighted by atomic mass is 35.5. The van der Waals surface area contributed by atoms with Crippen LogP contribution in [0.25, 0.3) is 16.2 Å². The Labute approximate surface area is 198 Å². The van der Waals surface area contributed by atoms with Gasteiger partial charge >= 0.3 is 0 Å². The van der Waals surface area contributed by atoms with Gasteiger partial charge in [-0.25, -0.2) is 4.52 Å². The molecule has 0 radical (unpaired) electrons. The number of hydrogen-bond donors (Lipinski definition) is 1. The summed E-state index contributed by atoms with van der Waals surface area (Å²) in [6.07, 6.45) is 0.817. The second-order valence-corrected chi connectivity index (χ2v) is 8.52. The molecule has 0 bridgehead atoms. The minimum atomic E-state index is -0.182. The zero-order valence-corrected chi connectivity index (χ0v) is 19.7. The molecule has 0 spiro atoms. The highest BCUT2D eigenvalue weighted by Gasteiger charge is 2.16. The number of nitrogens with zero attached hydrogens (tertiary/aromatic N) is 3. The maximum absolute atomic E-state index is 12.5. The van der Waals surface area contributed by atoms with Crippen molar-refractivity contribution < 1.29 is 14.3 Å². The maximum atomic E-state index is 12.5. The Morgan fingerprint density at radius 2 is 2.03 bits per heavy atom. The van der Waals surface area contributed by atoms with Crippen molar-refractivity contribution in [2.45, 2.75) is 19.8 Å². The molecule has 4 aromatic rings. The monoisotopic (exact) mass is 490 g/mol. The summed E-state index contributed by atoms with van der Waals surface area (Å²) < 4.78 is 12.5. The van der Waals surface area contributed by atoms with E-state index in [2.05, 4.69) is 15.4 Å². The average molecular weight is 491 g/mol. The van der Waals surface area contributed by atoms with Gasteiger partial charge in [0, 0.05) is 22.4 Å². The molecule has 10 heteroatoms. The summed E-state index contributed by atoms with van der Waals surface area (Å²) in [6, 6.07) is 10.9. The van der Waals surface area contributed by atoms with Crippen molar-refractivity contribution in [1.82, 2.24) is 14.6 Å². The van der Waals surface area contributed by atoms with Crippen molar-refractivity contribution in [2.24, 2.45) is 0 Å². The van der Waals surface area contributed by atoms with E-state index in [0.717, 1.165) is 16.8 Å². The molecule has 0 aliphatic heterocycles. The van der Waals surface area contributed by atoms with E-state index < -0.39 is 0 Å². The van der Waals surface area contributed by atoms with Gasteiger partial charge in [-0.1, -0.05) is 29.3 Å². The number of thiazole rings is 1. The molecular formula is C22H20Cl2N4O3S. The van der Waals surface area contributed by atoms with Gasteiger partial charge in [-0.15, -0.1) is 16.4 Å². The Balaban J connectivity index is 1.44. The molecule has 0 saturated carbocycles. The molecule has 166 valence electrons. The fourth-order valence-electron chi connectivity index (χ4n) is 3.20. The van der Waals surface area contributed by atoms with E-state index in [4.69, 9.17) is 32.7 Å². The highest BCUT2D eigenvalue weighted by molar-refractivity contribution is 7.15. The minimum Gasteiger partial charge on any atom is -0.493 e. The number of rotatable bonds is 8. The van der Waals surface area contributed by atoms with Crippen molar-refractivity contribution >= 4 is 51.4 Å². The fraction of sp³-hybridized carbons (Fsp3) is 0.227. The third-order valence-corrected chi connectivity index (χ3v) is 6.09. The number of fused-ring (bicyclic) bond motifs is 1. The summed E-state index contributed by atoms with van der Waals surface area (Å²) in [4.78, 5) is 17.5. The second-order valence-electron chi connectivity index (χ2n) is 6.84. The molecule has 0 aliphatic rings. The third-order valence-electron chi connectivity index (χ3n) is 4.71. The van der Waals surface area contributed by atoms with Crippen LogP contribution >= 0.6 is 34.5 Å². The number of hydrogen-bond acceptors (Lipinski definition) is 6. The number of benzene rings is 2. The van der Waals surface area contributed by atoms with Crippen LogP contribution in [0.4, 0.5) is 5.95 Å². The van der Waals surface area contributed by atoms with Gasteiger partial charge in [0.2, 0.25) is 16.8 Å². The van der Waals surface area contributed by atoms with Gasteiger partial charge in [0.25, 0.3) is 0 Å². The van der Waals surface area contributed by atoms with Crippen molar-refractivity contribution in [2.75, 3.05) is 19.0 Å². The van der Waals surface area contributed by atoms with E-state index >= 15 is 0 Å². The van der Waals surface area contributed by atoms with E-state index in [9.17, 15) is 4.79 Å². The van der Waals surface area contributed by atoms with Crippen LogP contribution in [0.15, 0.2) is 41.8 Å². The number of nitrogens with one attached hydrogen (secondary N) is 1. The molecule has 1 amide bonds. The molecule has 2 aromatic heterocycles. The van der Waals surface area contributed by atoms with Crippen molar-refractivity contribution in [3.63, 3.8) is 0 Å². The van der Waals surface area contributed by atoms with Crippen LogP contribution in [-0.2, 0) is 11.2 Å². The number of aryl methyl sites for hydroxylation is 1. The summed E-state index contributed by atoms with van der Waals surface area (Å²) in [7, 11) is 1.59. The largest absolute Gasteiger partial charge is 0.493 e. The number of amides is 1. The van der Waals surface area contributed by atoms with Crippen LogP contribution in [-0.4, -0.2) is 34.2 Å². The Hall–Kier alpha value is -2.81. The molecular weight excluding hydrogens is 471 g/mol. The summed E-state index contributed by atoms with van der Waals surface area (Å²) in [6.45, 7) is 2.47. The SMILES string of the molecule is CCOc1ccc(CCC(=O)Nc2nc3scc(-c4cc(Cl)ccc4Cl)n3n2)cc1OC. The lowest BCUT2D eigenvalue weighted by atomic mass is 10.1. The molecule has 0 atom stereocenters. The molecule has 0 fully saturated rings. The maximum Gasteiger partial charge on any atom is 0.250 e. The molecule has 7 nitrogen and oxygen atoms in total. The lowest BCUT2D eigenvalue weighted by Crippen LogP contribution is -2.13. The third kappa shape index (κ3) is 4.82. The first kappa shape index (κ1) is 22.4. The molecule has 32 heavy (non-hydrogen) atoms. The van der Waals surface area contributed by atoms with Gasteiger partial charge in [-0.3, -0.25) is 10.1 Å². The molecule has 0 saturated heterocycles. The first-order valence-electron chi connectivity index (χ1n) is 9.87. The van der Waals surface area contributed by atoms with Gasteiger partial charge in [0.15, 0.2) is 11.5 Å². The van der Waals surface area contributed by atoms with Crippen LogP contribution in [0.3, 0.4) is 0 Å². The van der Waals surface area contributed by atoms with Crippen LogP contribution in [0.1, 0.15) is 18.9 Å². The average Bonchev–Trinajstić information content (AvgIpc) is 3.35. The number of ether oxygens (including phenoxy) is 2. The molecule has 4 rings (SSSR count). The quantitative estimate of drug-likeness (QED) is 0.340. The Bertz CT molecular complexity index is 1270. The lowest BCUT2D eigenvalue weighted by Gasteiger charge is -2.10. The van der Waals surface area contributed by atoms with E-state index in [-0.39, 0.29) is 18.3 Å². The Kier molecular flexibility index (Phi) is 6.83. The van der Waals surface area contributed by atoms with Crippen molar-refractivity contribution in [3.8, 4) is 22.8 Å². The first-order chi connectivity index (χ1) is 15.5. The van der Waals surface area contributed by atoms with Gasteiger partial charge < -0.3 is 9.47 Å². The zero-order valence-electron chi connectivity index (χ0n) is 17.4. The molecule has 0 aliphatic carbocycles. The summed E-state index contributed by atoms with van der Waals surface area (Å²) in [5.41, 5.74) is 2.47. The molecule has 2 heterocycles. The van der Waals surface area contributed by atoms with Gasteiger partial charge in [-0.05, 0) is 49.2 Å². The van der Waals surface area contributed by atoms with Crippen molar-refractivity contribution in [3.05, 3.63) is 57.4 Å². The molecule has 1 N–H and O–H groups in total. The zero-order chi connectivity index (χ0) is 22.7. The van der Waals surface area contributed by atoms with E-state index in [1.807, 2.05) is 30.5 Å². The molecule has 2 aromatic carbocycles. The lowest BCUT2D eigenvalue weighted by molar-refractivity contribution is -0.116. The van der Waals surface area contributed by atoms with Gasteiger partial charge in [-0.2, -0.15) is 4.98 Å². The number of carbonyl (C=O) groups is 1. The van der Waals surface area contributed by atoms with Crippen molar-refractivity contribution in [1.29, 1.82) is 0 Å². The standard InChI is InChI=1S/C22H20Cl2N4O3S/c1-3-31-18-8-4-13(10-19(18)30-2)5-9-20(29)25-21-26-22-28(27-21)17(12-32-22)15-11-14(23)6-7-16(15)24/h4,6-8,10-12H,3,5,9H2,1-2H3,(H,25,27,29). The molecule has 0 unspecified atom stereocenters. The van der Waals surface area contributed by atoms with Crippen LogP contribution in [0, 0.1) is 0 Å². The predicted octanol–water partition coefficient (Wildman–Crippen LogP) is 5.74. The van der Waals surface area contributed by atoms with Gasteiger partial charge in [0.1, 0.15) is 0 Å². The van der Waals surface area contributed by atoms with Crippen LogP contribution in [0.5, 0.6) is 11.5 Å². The summed E-state index contributed by atoms with van der Waals surface area (Å²) in [5, 5.41) is 10.2. The summed E-state index contributed by atoms with van der Waals surface area (Å²) in [5.74, 6) is 1.39.